The Kier molecular flexibility index (Phi) is 6.35. The van der Waals surface area contributed by atoms with Gasteiger partial charge in [0.05, 0.1) is 18.0 Å². The highest BCUT2D eigenvalue weighted by Crippen LogP contribution is 2.47. The van der Waals surface area contributed by atoms with Crippen molar-refractivity contribution in [2.45, 2.75) is 37.2 Å². The predicted octanol–water partition coefficient (Wildman–Crippen LogP) is 0.601. The molecule has 4 rings (SSSR count). The number of carbonyl (C=O) groups excluding carboxylic acids is 2. The SMILES string of the molecule is COCCN(C(=O)C1CSC2(C)CCC(=O)N12)c1c(N)n(Cc2ccccc2)c(=O)[nH]c1=O. The third kappa shape index (κ3) is 4.18. The zero-order valence-electron chi connectivity index (χ0n) is 18.6. The first-order chi connectivity index (χ1) is 15.8. The molecule has 2 unspecified atom stereocenters. The predicted molar refractivity (Wildman–Crippen MR) is 126 cm³/mol. The molecule has 176 valence electrons. The van der Waals surface area contributed by atoms with Crippen molar-refractivity contribution in [3.8, 4) is 0 Å². The number of H-pyrrole nitrogens is 1. The van der Waals surface area contributed by atoms with Gasteiger partial charge in [-0.05, 0) is 18.9 Å². The highest BCUT2D eigenvalue weighted by Gasteiger charge is 2.54. The number of aromatic amines is 1. The first kappa shape index (κ1) is 23.1. The lowest BCUT2D eigenvalue weighted by molar-refractivity contribution is -0.136. The number of hydrogen-bond acceptors (Lipinski definition) is 7. The molecule has 1 aromatic heterocycles. The number of rotatable bonds is 7. The monoisotopic (exact) mass is 473 g/mol. The minimum Gasteiger partial charge on any atom is -0.383 e. The molecule has 3 N–H and O–H groups in total. The summed E-state index contributed by atoms with van der Waals surface area (Å²) in [6.07, 6.45) is 1.05. The summed E-state index contributed by atoms with van der Waals surface area (Å²) in [7, 11) is 1.49. The number of nitrogen functional groups attached to an aromatic ring is 1. The van der Waals surface area contributed by atoms with E-state index >= 15 is 0 Å². The Morgan fingerprint density at radius 3 is 2.73 bits per heavy atom. The number of thioether (sulfide) groups is 1. The molecule has 2 aliphatic rings. The molecule has 0 spiro atoms. The topological polar surface area (TPSA) is 131 Å². The largest absolute Gasteiger partial charge is 0.383 e. The number of hydrogen-bond donors (Lipinski definition) is 2. The number of carbonyl (C=O) groups is 2. The summed E-state index contributed by atoms with van der Waals surface area (Å²) >= 11 is 1.56. The Balaban J connectivity index is 1.75. The van der Waals surface area contributed by atoms with Crippen molar-refractivity contribution >= 4 is 35.1 Å². The number of aromatic nitrogens is 2. The third-order valence-corrected chi connectivity index (χ3v) is 7.69. The van der Waals surface area contributed by atoms with Crippen molar-refractivity contribution < 1.29 is 14.3 Å². The van der Waals surface area contributed by atoms with Crippen LogP contribution in [0.4, 0.5) is 11.5 Å². The Hall–Kier alpha value is -3.05. The number of fused-ring (bicyclic) bond motifs is 1. The van der Waals surface area contributed by atoms with Gasteiger partial charge in [0.2, 0.25) is 5.91 Å². The first-order valence-electron chi connectivity index (χ1n) is 10.7. The van der Waals surface area contributed by atoms with Gasteiger partial charge in [-0.2, -0.15) is 0 Å². The minimum absolute atomic E-state index is 0.0477. The first-order valence-corrected chi connectivity index (χ1v) is 11.7. The van der Waals surface area contributed by atoms with Crippen molar-refractivity contribution in [1.29, 1.82) is 0 Å². The van der Waals surface area contributed by atoms with Crippen LogP contribution in [0.15, 0.2) is 39.9 Å². The van der Waals surface area contributed by atoms with Crippen LogP contribution in [0.25, 0.3) is 0 Å². The molecule has 1 aromatic carbocycles. The standard InChI is InChI=1S/C22H27N5O5S/c1-22-9-8-16(28)27(22)15(13-33-22)20(30)25(10-11-32-2)17-18(23)26(21(31)24-19(17)29)12-14-6-4-3-5-7-14/h3-7,15H,8-13,23H2,1-2H3,(H,24,29,31). The lowest BCUT2D eigenvalue weighted by atomic mass is 10.2. The van der Waals surface area contributed by atoms with Crippen molar-refractivity contribution in [3.63, 3.8) is 0 Å². The summed E-state index contributed by atoms with van der Waals surface area (Å²) in [5.41, 5.74) is 5.60. The van der Waals surface area contributed by atoms with Crippen molar-refractivity contribution in [2.24, 2.45) is 0 Å². The van der Waals surface area contributed by atoms with Crippen LogP contribution in [0, 0.1) is 0 Å². The normalized spacial score (nSPS) is 21.9. The van der Waals surface area contributed by atoms with E-state index in [-0.39, 0.29) is 37.1 Å². The number of nitrogens with zero attached hydrogens (tertiary/aromatic N) is 3. The van der Waals surface area contributed by atoms with E-state index in [9.17, 15) is 19.2 Å². The Labute approximate surface area is 194 Å². The van der Waals surface area contributed by atoms with E-state index < -0.39 is 28.1 Å². The molecular weight excluding hydrogens is 446 g/mol. The maximum atomic E-state index is 13.7. The lowest BCUT2D eigenvalue weighted by Crippen LogP contribution is -2.53. The molecule has 0 aliphatic carbocycles. The highest BCUT2D eigenvalue weighted by molar-refractivity contribution is 8.01. The van der Waals surface area contributed by atoms with E-state index in [1.807, 2.05) is 37.3 Å². The van der Waals surface area contributed by atoms with E-state index in [0.29, 0.717) is 18.6 Å². The number of anilines is 2. The maximum absolute atomic E-state index is 13.7. The van der Waals surface area contributed by atoms with Crippen LogP contribution in [0.5, 0.6) is 0 Å². The zero-order chi connectivity index (χ0) is 23.8. The van der Waals surface area contributed by atoms with Crippen LogP contribution in [-0.4, -0.2) is 63.2 Å². The molecule has 2 fully saturated rings. The molecule has 2 atom stereocenters. The van der Waals surface area contributed by atoms with Gasteiger partial charge in [0.25, 0.3) is 11.5 Å². The number of ether oxygens (including phenoxy) is 1. The fraction of sp³-hybridized carbons (Fsp3) is 0.455. The van der Waals surface area contributed by atoms with Gasteiger partial charge < -0.3 is 20.3 Å². The second-order valence-corrected chi connectivity index (χ2v) is 9.81. The fourth-order valence-corrected chi connectivity index (χ4v) is 5.88. The van der Waals surface area contributed by atoms with Gasteiger partial charge in [0, 0.05) is 25.8 Å². The van der Waals surface area contributed by atoms with Crippen LogP contribution < -0.4 is 21.9 Å². The Morgan fingerprint density at radius 1 is 1.30 bits per heavy atom. The van der Waals surface area contributed by atoms with Crippen LogP contribution in [0.1, 0.15) is 25.3 Å². The molecule has 11 heteroatoms. The lowest BCUT2D eigenvalue weighted by Gasteiger charge is -2.33. The molecule has 10 nitrogen and oxygen atoms in total. The second kappa shape index (κ2) is 9.06. The number of nitrogens with two attached hydrogens (primary N) is 1. The van der Waals surface area contributed by atoms with Gasteiger partial charge in [-0.3, -0.25) is 23.9 Å². The molecule has 3 heterocycles. The highest BCUT2D eigenvalue weighted by atomic mass is 32.2. The molecule has 0 radical (unpaired) electrons. The smallest absolute Gasteiger partial charge is 0.330 e. The summed E-state index contributed by atoms with van der Waals surface area (Å²) in [4.78, 5) is 56.4. The van der Waals surface area contributed by atoms with Crippen molar-refractivity contribution in [2.75, 3.05) is 36.6 Å². The summed E-state index contributed by atoms with van der Waals surface area (Å²) < 4.78 is 6.39. The van der Waals surface area contributed by atoms with E-state index in [4.69, 9.17) is 10.5 Å². The molecule has 2 aromatic rings. The molecule has 33 heavy (non-hydrogen) atoms. The van der Waals surface area contributed by atoms with E-state index in [1.165, 1.54) is 16.6 Å². The molecule has 0 saturated carbocycles. The Bertz CT molecular complexity index is 1180. The Morgan fingerprint density at radius 2 is 2.03 bits per heavy atom. The van der Waals surface area contributed by atoms with Gasteiger partial charge in [-0.1, -0.05) is 30.3 Å². The van der Waals surface area contributed by atoms with Crippen molar-refractivity contribution in [3.05, 3.63) is 56.7 Å². The van der Waals surface area contributed by atoms with Crippen molar-refractivity contribution in [1.82, 2.24) is 14.5 Å². The quantitative estimate of drug-likeness (QED) is 0.602. The maximum Gasteiger partial charge on any atom is 0.330 e. The van der Waals surface area contributed by atoms with Gasteiger partial charge in [-0.15, -0.1) is 11.8 Å². The summed E-state index contributed by atoms with van der Waals surface area (Å²) in [6.45, 7) is 2.28. The molecule has 0 bridgehead atoms. The molecule has 2 aliphatic heterocycles. The number of methoxy groups -OCH3 is 1. The van der Waals surface area contributed by atoms with Gasteiger partial charge in [0.15, 0.2) is 5.69 Å². The summed E-state index contributed by atoms with van der Waals surface area (Å²) in [5, 5.41) is 0. The summed E-state index contributed by atoms with van der Waals surface area (Å²) in [6, 6.07) is 8.46. The third-order valence-electron chi connectivity index (χ3n) is 6.18. The van der Waals surface area contributed by atoms with Crippen LogP contribution in [0.3, 0.4) is 0 Å². The number of nitrogens with one attached hydrogen (secondary N) is 1. The molecule has 2 saturated heterocycles. The summed E-state index contributed by atoms with van der Waals surface area (Å²) in [5.74, 6) is -0.186. The van der Waals surface area contributed by atoms with Gasteiger partial charge in [0.1, 0.15) is 11.9 Å². The molecule has 2 amide bonds. The average molecular weight is 474 g/mol. The number of benzene rings is 1. The van der Waals surface area contributed by atoms with Crippen LogP contribution in [-0.2, 0) is 20.9 Å². The van der Waals surface area contributed by atoms with Crippen LogP contribution >= 0.6 is 11.8 Å². The molecular formula is C22H27N5O5S. The van der Waals surface area contributed by atoms with Gasteiger partial charge in [-0.25, -0.2) is 4.79 Å². The van der Waals surface area contributed by atoms with E-state index in [1.54, 1.807) is 16.7 Å². The van der Waals surface area contributed by atoms with E-state index in [0.717, 1.165) is 5.56 Å². The number of amides is 2. The fourth-order valence-electron chi connectivity index (χ4n) is 4.46. The van der Waals surface area contributed by atoms with Gasteiger partial charge >= 0.3 is 5.69 Å². The van der Waals surface area contributed by atoms with Crippen LogP contribution in [0.2, 0.25) is 0 Å². The second-order valence-electron chi connectivity index (χ2n) is 8.31. The zero-order valence-corrected chi connectivity index (χ0v) is 19.4. The average Bonchev–Trinajstić information content (AvgIpc) is 3.29. The van der Waals surface area contributed by atoms with E-state index in [2.05, 4.69) is 4.98 Å². The minimum atomic E-state index is -0.757.